The standard InChI is InChI=1S/C24H27N4O5/c1-33-9-8-25-14-17(19-4-2-3-5-21(19)25)11-23(29)26-12-16-10-18(15-26)20-6-7-22(28(31)32)24(30)27(20)13-16/h2-7,14,16,18,31H,8-13,15H2,1H3/q-1/t16-,18?/m0/s1. The van der Waals surface area contributed by atoms with Crippen LogP contribution in [0.4, 0.5) is 5.69 Å². The van der Waals surface area contributed by atoms with Gasteiger partial charge in [-0.25, -0.2) is 0 Å². The van der Waals surface area contributed by atoms with Crippen LogP contribution in [0.25, 0.3) is 10.9 Å². The van der Waals surface area contributed by atoms with Gasteiger partial charge in [-0.2, -0.15) is 0 Å². The highest BCUT2D eigenvalue weighted by atomic mass is 16.8. The summed E-state index contributed by atoms with van der Waals surface area (Å²) in [6.45, 7) is 2.88. The summed E-state index contributed by atoms with van der Waals surface area (Å²) in [5, 5.41) is 21.2. The predicted molar refractivity (Wildman–Crippen MR) is 123 cm³/mol. The van der Waals surface area contributed by atoms with Crippen LogP contribution in [0.3, 0.4) is 0 Å². The topological polar surface area (TPSA) is 103 Å². The number of amides is 1. The first-order valence-electron chi connectivity index (χ1n) is 11.2. The molecule has 4 heterocycles. The number of benzene rings is 1. The number of carbonyl (C=O) groups excluding carboxylic acids is 1. The first kappa shape index (κ1) is 21.7. The summed E-state index contributed by atoms with van der Waals surface area (Å²) in [5.41, 5.74) is 2.14. The van der Waals surface area contributed by atoms with Crippen molar-refractivity contribution in [2.24, 2.45) is 5.92 Å². The second-order valence-corrected chi connectivity index (χ2v) is 8.96. The van der Waals surface area contributed by atoms with Gasteiger partial charge in [-0.15, -0.1) is 0 Å². The molecule has 0 aliphatic carbocycles. The first-order chi connectivity index (χ1) is 16.0. The summed E-state index contributed by atoms with van der Waals surface area (Å²) < 4.78 is 8.94. The summed E-state index contributed by atoms with van der Waals surface area (Å²) in [4.78, 5) is 27.9. The average molecular weight is 452 g/mol. The van der Waals surface area contributed by atoms with Crippen molar-refractivity contribution in [3.8, 4) is 0 Å². The number of pyridine rings is 1. The van der Waals surface area contributed by atoms with E-state index in [4.69, 9.17) is 4.74 Å². The summed E-state index contributed by atoms with van der Waals surface area (Å²) in [7, 11) is 1.68. The molecule has 2 aliphatic rings. The lowest BCUT2D eigenvalue weighted by Gasteiger charge is -2.43. The van der Waals surface area contributed by atoms with Crippen molar-refractivity contribution < 1.29 is 14.7 Å². The minimum absolute atomic E-state index is 0.0324. The molecule has 1 fully saturated rings. The monoisotopic (exact) mass is 451 g/mol. The van der Waals surface area contributed by atoms with Gasteiger partial charge >= 0.3 is 0 Å². The molecule has 5 rings (SSSR count). The van der Waals surface area contributed by atoms with Crippen molar-refractivity contribution in [3.63, 3.8) is 0 Å². The van der Waals surface area contributed by atoms with Crippen LogP contribution in [0.1, 0.15) is 23.6 Å². The lowest BCUT2D eigenvalue weighted by molar-refractivity contribution is -0.133. The van der Waals surface area contributed by atoms with Crippen molar-refractivity contribution in [2.45, 2.75) is 31.8 Å². The predicted octanol–water partition coefficient (Wildman–Crippen LogP) is 2.33. The van der Waals surface area contributed by atoms with Crippen LogP contribution in [-0.4, -0.2) is 52.0 Å². The Labute approximate surface area is 190 Å². The maximum Gasteiger partial charge on any atom is 0.275 e. The number of rotatable bonds is 6. The van der Waals surface area contributed by atoms with E-state index < -0.39 is 5.56 Å². The van der Waals surface area contributed by atoms with Gasteiger partial charge in [-0.1, -0.05) is 18.2 Å². The smallest absolute Gasteiger partial charge is 0.275 e. The van der Waals surface area contributed by atoms with Crippen LogP contribution in [0, 0.1) is 11.1 Å². The number of nitrogens with zero attached hydrogens (tertiary/aromatic N) is 4. The van der Waals surface area contributed by atoms with Crippen LogP contribution in [0.5, 0.6) is 0 Å². The first-order valence-corrected chi connectivity index (χ1v) is 11.2. The molecule has 174 valence electrons. The highest BCUT2D eigenvalue weighted by Gasteiger charge is 2.36. The van der Waals surface area contributed by atoms with Crippen molar-refractivity contribution in [2.75, 3.05) is 32.0 Å². The average Bonchev–Trinajstić information content (AvgIpc) is 3.15. The Morgan fingerprint density at radius 1 is 1.21 bits per heavy atom. The van der Waals surface area contributed by atoms with Crippen LogP contribution in [0.15, 0.2) is 47.4 Å². The van der Waals surface area contributed by atoms with Crippen molar-refractivity contribution >= 4 is 22.5 Å². The number of carbonyl (C=O) groups is 1. The highest BCUT2D eigenvalue weighted by Crippen LogP contribution is 2.36. The molecular formula is C24H27N4O5-. The number of hydrogen-bond acceptors (Lipinski definition) is 6. The van der Waals surface area contributed by atoms with Gasteiger partial charge in [-0.05, 0) is 36.1 Å². The number of para-hydroxylation sites is 1. The number of anilines is 1. The van der Waals surface area contributed by atoms with Crippen LogP contribution < -0.4 is 10.8 Å². The molecule has 1 unspecified atom stereocenters. The molecule has 2 aromatic heterocycles. The Hall–Kier alpha value is -3.14. The third-order valence-corrected chi connectivity index (χ3v) is 6.89. The number of piperidine rings is 1. The largest absolute Gasteiger partial charge is 0.733 e. The fourth-order valence-corrected chi connectivity index (χ4v) is 5.40. The highest BCUT2D eigenvalue weighted by molar-refractivity contribution is 5.89. The second kappa shape index (κ2) is 8.66. The summed E-state index contributed by atoms with van der Waals surface area (Å²) in [5.74, 6) is 0.243. The maximum absolute atomic E-state index is 13.3. The molecule has 2 atom stereocenters. The van der Waals surface area contributed by atoms with E-state index >= 15 is 0 Å². The molecule has 1 amide bonds. The van der Waals surface area contributed by atoms with E-state index in [1.165, 1.54) is 6.07 Å². The van der Waals surface area contributed by atoms with E-state index in [9.17, 15) is 20.0 Å². The van der Waals surface area contributed by atoms with Crippen molar-refractivity contribution in [1.82, 2.24) is 14.0 Å². The quantitative estimate of drug-likeness (QED) is 0.577. The molecule has 2 bridgehead atoms. The van der Waals surface area contributed by atoms with E-state index in [2.05, 4.69) is 10.6 Å². The third-order valence-electron chi connectivity index (χ3n) is 6.89. The number of likely N-dealkylation sites (tertiary alicyclic amines) is 1. The molecule has 0 radical (unpaired) electrons. The zero-order valence-electron chi connectivity index (χ0n) is 18.5. The molecule has 2 aliphatic heterocycles. The van der Waals surface area contributed by atoms with Gasteiger partial charge in [0.25, 0.3) is 5.56 Å². The molecule has 9 nitrogen and oxygen atoms in total. The van der Waals surface area contributed by atoms with E-state index in [0.717, 1.165) is 35.1 Å². The minimum Gasteiger partial charge on any atom is -0.733 e. The van der Waals surface area contributed by atoms with Gasteiger partial charge in [0.1, 0.15) is 5.69 Å². The fourth-order valence-electron chi connectivity index (χ4n) is 5.40. The summed E-state index contributed by atoms with van der Waals surface area (Å²) in [6.07, 6.45) is 3.27. The van der Waals surface area contributed by atoms with Gasteiger partial charge in [0, 0.05) is 62.0 Å². The zero-order valence-corrected chi connectivity index (χ0v) is 18.5. The SMILES string of the molecule is COCCn1cc(CC(=O)N2CC3C[C@@H](C2)Cn2c3ccc(N([O-])O)c2=O)c2ccccc21. The molecule has 3 aromatic rings. The lowest BCUT2D eigenvalue weighted by atomic mass is 9.83. The van der Waals surface area contributed by atoms with Crippen LogP contribution in [-0.2, 0) is 29.0 Å². The van der Waals surface area contributed by atoms with E-state index in [-0.39, 0.29) is 28.7 Å². The number of methoxy groups -OCH3 is 1. The number of ether oxygens (including phenoxy) is 1. The number of fused-ring (bicyclic) bond motifs is 5. The molecule has 1 saturated heterocycles. The molecule has 1 aromatic carbocycles. The maximum atomic E-state index is 13.3. The summed E-state index contributed by atoms with van der Waals surface area (Å²) in [6, 6.07) is 11.2. The van der Waals surface area contributed by atoms with Gasteiger partial charge < -0.3 is 29.2 Å². The van der Waals surface area contributed by atoms with Gasteiger partial charge in [-0.3, -0.25) is 14.8 Å². The Morgan fingerprint density at radius 2 is 2.03 bits per heavy atom. The Morgan fingerprint density at radius 3 is 2.82 bits per heavy atom. The van der Waals surface area contributed by atoms with Crippen LogP contribution in [0.2, 0.25) is 0 Å². The Balaban J connectivity index is 1.37. The Kier molecular flexibility index (Phi) is 5.69. The van der Waals surface area contributed by atoms with E-state index in [1.807, 2.05) is 29.3 Å². The summed E-state index contributed by atoms with van der Waals surface area (Å²) >= 11 is 0. The van der Waals surface area contributed by atoms with Gasteiger partial charge in [0.05, 0.1) is 13.0 Å². The van der Waals surface area contributed by atoms with E-state index in [1.54, 1.807) is 17.7 Å². The molecule has 0 saturated carbocycles. The second-order valence-electron chi connectivity index (χ2n) is 8.96. The molecule has 1 N–H and O–H groups in total. The molecule has 9 heteroatoms. The third kappa shape index (κ3) is 3.92. The lowest BCUT2D eigenvalue weighted by Crippen LogP contribution is -2.49. The fraction of sp³-hybridized carbons (Fsp3) is 0.417. The zero-order chi connectivity index (χ0) is 23.1. The van der Waals surface area contributed by atoms with Gasteiger partial charge in [0.2, 0.25) is 5.91 Å². The number of hydrogen-bond donors (Lipinski definition) is 1. The molecule has 0 spiro atoms. The molecular weight excluding hydrogens is 424 g/mol. The Bertz CT molecular complexity index is 1250. The van der Waals surface area contributed by atoms with E-state index in [0.29, 0.717) is 32.7 Å². The minimum atomic E-state index is -0.483. The number of aromatic nitrogens is 2. The molecule has 33 heavy (non-hydrogen) atoms. The van der Waals surface area contributed by atoms with Crippen molar-refractivity contribution in [1.29, 1.82) is 0 Å². The van der Waals surface area contributed by atoms with Crippen LogP contribution >= 0.6 is 0 Å². The van der Waals surface area contributed by atoms with Gasteiger partial charge in [0.15, 0.2) is 0 Å². The normalized spacial score (nSPS) is 19.5. The van der Waals surface area contributed by atoms with Crippen molar-refractivity contribution in [3.05, 3.63) is 69.4 Å².